The minimum Gasteiger partial charge on any atom is -0.398 e. The third-order valence-corrected chi connectivity index (χ3v) is 4.01. The summed E-state index contributed by atoms with van der Waals surface area (Å²) in [6.07, 6.45) is 0. The van der Waals surface area contributed by atoms with Gasteiger partial charge in [0.15, 0.2) is 0 Å². The SMILES string of the molecule is CN(Cc1ccccc1Cl)C(=O)c1ccc(N)c(Br)c1. The molecule has 5 heteroatoms. The van der Waals surface area contributed by atoms with E-state index in [0.29, 0.717) is 22.8 Å². The molecule has 0 radical (unpaired) electrons. The first-order chi connectivity index (χ1) is 9.49. The van der Waals surface area contributed by atoms with Crippen molar-refractivity contribution in [3.63, 3.8) is 0 Å². The Morgan fingerprint density at radius 1 is 1.30 bits per heavy atom. The lowest BCUT2D eigenvalue weighted by atomic mass is 10.1. The van der Waals surface area contributed by atoms with Gasteiger partial charge in [0.25, 0.3) is 5.91 Å². The molecule has 1 amide bonds. The zero-order valence-corrected chi connectivity index (χ0v) is 13.3. The summed E-state index contributed by atoms with van der Waals surface area (Å²) in [7, 11) is 1.75. The molecule has 104 valence electrons. The lowest BCUT2D eigenvalue weighted by Crippen LogP contribution is -2.26. The lowest BCUT2D eigenvalue weighted by molar-refractivity contribution is 0.0785. The second kappa shape index (κ2) is 6.29. The second-order valence-corrected chi connectivity index (χ2v) is 5.75. The fourth-order valence-corrected chi connectivity index (χ4v) is 2.41. The number of halogens is 2. The predicted molar refractivity (Wildman–Crippen MR) is 85.8 cm³/mol. The average Bonchev–Trinajstić information content (AvgIpc) is 2.43. The van der Waals surface area contributed by atoms with Crippen molar-refractivity contribution in [2.24, 2.45) is 0 Å². The van der Waals surface area contributed by atoms with Gasteiger partial charge < -0.3 is 10.6 Å². The van der Waals surface area contributed by atoms with Crippen molar-refractivity contribution in [2.75, 3.05) is 12.8 Å². The highest BCUT2D eigenvalue weighted by Gasteiger charge is 2.14. The molecule has 0 aromatic heterocycles. The Bertz CT molecular complexity index is 646. The quantitative estimate of drug-likeness (QED) is 0.849. The molecule has 3 nitrogen and oxygen atoms in total. The monoisotopic (exact) mass is 352 g/mol. The van der Waals surface area contributed by atoms with Crippen LogP contribution in [0.25, 0.3) is 0 Å². The van der Waals surface area contributed by atoms with E-state index in [1.165, 1.54) is 0 Å². The molecule has 0 saturated heterocycles. The van der Waals surface area contributed by atoms with Crippen LogP contribution in [0.3, 0.4) is 0 Å². The molecule has 2 rings (SSSR count). The van der Waals surface area contributed by atoms with Crippen LogP contribution in [0.5, 0.6) is 0 Å². The maximum absolute atomic E-state index is 12.3. The van der Waals surface area contributed by atoms with Gasteiger partial charge in [0.05, 0.1) is 0 Å². The number of anilines is 1. The fraction of sp³-hybridized carbons (Fsp3) is 0.133. The minimum absolute atomic E-state index is 0.0781. The van der Waals surface area contributed by atoms with Gasteiger partial charge in [-0.2, -0.15) is 0 Å². The van der Waals surface area contributed by atoms with Gasteiger partial charge in [-0.15, -0.1) is 0 Å². The number of benzene rings is 2. The first kappa shape index (κ1) is 14.9. The van der Waals surface area contributed by atoms with Crippen LogP contribution in [0.15, 0.2) is 46.9 Å². The van der Waals surface area contributed by atoms with Crippen LogP contribution < -0.4 is 5.73 Å². The van der Waals surface area contributed by atoms with E-state index < -0.39 is 0 Å². The number of amides is 1. The molecule has 0 atom stereocenters. The Balaban J connectivity index is 2.16. The molecule has 0 heterocycles. The zero-order valence-electron chi connectivity index (χ0n) is 10.9. The highest BCUT2D eigenvalue weighted by atomic mass is 79.9. The molecule has 0 unspecified atom stereocenters. The first-order valence-corrected chi connectivity index (χ1v) is 7.20. The van der Waals surface area contributed by atoms with Gasteiger partial charge in [-0.05, 0) is 45.8 Å². The average molecular weight is 354 g/mol. The summed E-state index contributed by atoms with van der Waals surface area (Å²) in [4.78, 5) is 14.0. The summed E-state index contributed by atoms with van der Waals surface area (Å²) < 4.78 is 0.717. The van der Waals surface area contributed by atoms with Crippen LogP contribution in [0.2, 0.25) is 5.02 Å². The summed E-state index contributed by atoms with van der Waals surface area (Å²) in [5, 5.41) is 0.658. The molecule has 2 aromatic carbocycles. The zero-order chi connectivity index (χ0) is 14.7. The largest absolute Gasteiger partial charge is 0.398 e. The van der Waals surface area contributed by atoms with Crippen molar-refractivity contribution in [3.8, 4) is 0 Å². The first-order valence-electron chi connectivity index (χ1n) is 6.03. The number of nitrogens with zero attached hydrogens (tertiary/aromatic N) is 1. The van der Waals surface area contributed by atoms with E-state index in [1.807, 2.05) is 24.3 Å². The Morgan fingerprint density at radius 3 is 2.65 bits per heavy atom. The number of nitrogens with two attached hydrogens (primary N) is 1. The van der Waals surface area contributed by atoms with Crippen molar-refractivity contribution >= 4 is 39.1 Å². The van der Waals surface area contributed by atoms with Crippen molar-refractivity contribution in [3.05, 3.63) is 63.1 Å². The topological polar surface area (TPSA) is 46.3 Å². The summed E-state index contributed by atoms with van der Waals surface area (Å²) in [6.45, 7) is 0.459. The van der Waals surface area contributed by atoms with E-state index in [4.69, 9.17) is 17.3 Å². The molecule has 0 spiro atoms. The van der Waals surface area contributed by atoms with Crippen LogP contribution in [0, 0.1) is 0 Å². The Morgan fingerprint density at radius 2 is 2.00 bits per heavy atom. The smallest absolute Gasteiger partial charge is 0.253 e. The third-order valence-electron chi connectivity index (χ3n) is 2.96. The van der Waals surface area contributed by atoms with Crippen LogP contribution in [-0.4, -0.2) is 17.9 Å². The molecule has 0 bridgehead atoms. The van der Waals surface area contributed by atoms with Crippen LogP contribution in [0.1, 0.15) is 15.9 Å². The van der Waals surface area contributed by atoms with Crippen molar-refractivity contribution in [2.45, 2.75) is 6.54 Å². The molecule has 0 aliphatic rings. The molecule has 2 aromatic rings. The van der Waals surface area contributed by atoms with Gasteiger partial charge in [0, 0.05) is 34.3 Å². The van der Waals surface area contributed by atoms with Crippen LogP contribution in [-0.2, 0) is 6.54 Å². The Labute approximate surface area is 131 Å². The molecular weight excluding hydrogens is 340 g/mol. The molecule has 0 fully saturated rings. The fourth-order valence-electron chi connectivity index (χ4n) is 1.83. The molecule has 0 aliphatic carbocycles. The molecule has 0 aliphatic heterocycles. The van der Waals surface area contributed by atoms with Crippen molar-refractivity contribution in [1.29, 1.82) is 0 Å². The van der Waals surface area contributed by atoms with Gasteiger partial charge in [0.2, 0.25) is 0 Å². The van der Waals surface area contributed by atoms with Crippen LogP contribution in [0.4, 0.5) is 5.69 Å². The van der Waals surface area contributed by atoms with Crippen LogP contribution >= 0.6 is 27.5 Å². The summed E-state index contributed by atoms with van der Waals surface area (Å²) in [6, 6.07) is 12.6. The highest BCUT2D eigenvalue weighted by Crippen LogP contribution is 2.22. The van der Waals surface area contributed by atoms with Gasteiger partial charge in [0.1, 0.15) is 0 Å². The number of rotatable bonds is 3. The van der Waals surface area contributed by atoms with E-state index >= 15 is 0 Å². The number of hydrogen-bond acceptors (Lipinski definition) is 2. The highest BCUT2D eigenvalue weighted by molar-refractivity contribution is 9.10. The third kappa shape index (κ3) is 3.32. The lowest BCUT2D eigenvalue weighted by Gasteiger charge is -2.18. The van der Waals surface area contributed by atoms with E-state index in [-0.39, 0.29) is 5.91 Å². The van der Waals surface area contributed by atoms with Gasteiger partial charge in [-0.1, -0.05) is 29.8 Å². The maximum atomic E-state index is 12.3. The summed E-state index contributed by atoms with van der Waals surface area (Å²) in [5.74, 6) is -0.0781. The van der Waals surface area contributed by atoms with Gasteiger partial charge in [-0.25, -0.2) is 0 Å². The normalized spacial score (nSPS) is 10.3. The molecular formula is C15H14BrClN2O. The van der Waals surface area contributed by atoms with Gasteiger partial charge >= 0.3 is 0 Å². The minimum atomic E-state index is -0.0781. The maximum Gasteiger partial charge on any atom is 0.253 e. The van der Waals surface area contributed by atoms with Gasteiger partial charge in [-0.3, -0.25) is 4.79 Å². The Kier molecular flexibility index (Phi) is 4.68. The molecule has 2 N–H and O–H groups in total. The Hall–Kier alpha value is -1.52. The standard InChI is InChI=1S/C15H14BrClN2O/c1-19(9-11-4-2-3-5-13(11)17)15(20)10-6-7-14(18)12(16)8-10/h2-8H,9,18H2,1H3. The number of carbonyl (C=O) groups excluding carboxylic acids is 1. The van der Waals surface area contributed by atoms with E-state index in [0.717, 1.165) is 10.0 Å². The molecule has 20 heavy (non-hydrogen) atoms. The van der Waals surface area contributed by atoms with E-state index in [1.54, 1.807) is 30.1 Å². The summed E-state index contributed by atoms with van der Waals surface area (Å²) >= 11 is 9.43. The number of hydrogen-bond donors (Lipinski definition) is 1. The van der Waals surface area contributed by atoms with Crippen molar-refractivity contribution < 1.29 is 4.79 Å². The number of carbonyl (C=O) groups is 1. The predicted octanol–water partition coefficient (Wildman–Crippen LogP) is 3.96. The van der Waals surface area contributed by atoms with E-state index in [2.05, 4.69) is 15.9 Å². The number of nitrogen functional groups attached to an aromatic ring is 1. The van der Waals surface area contributed by atoms with Crippen molar-refractivity contribution in [1.82, 2.24) is 4.90 Å². The van der Waals surface area contributed by atoms with E-state index in [9.17, 15) is 4.79 Å². The molecule has 0 saturated carbocycles. The summed E-state index contributed by atoms with van der Waals surface area (Å²) in [5.41, 5.74) is 7.83. The second-order valence-electron chi connectivity index (χ2n) is 4.49.